The summed E-state index contributed by atoms with van der Waals surface area (Å²) in [5, 5.41) is 0.687. The fourth-order valence-electron chi connectivity index (χ4n) is 1.93. The van der Waals surface area contributed by atoms with Crippen molar-refractivity contribution in [3.63, 3.8) is 0 Å². The van der Waals surface area contributed by atoms with E-state index in [-0.39, 0.29) is 6.04 Å². The summed E-state index contributed by atoms with van der Waals surface area (Å²) in [6.07, 6.45) is 4.98. The number of H-pyrrole nitrogens is 1. The number of hydrogen-bond acceptors (Lipinski definition) is 2. The van der Waals surface area contributed by atoms with E-state index in [1.807, 2.05) is 18.2 Å². The number of nitrogens with one attached hydrogen (secondary N) is 1. The maximum absolute atomic E-state index is 6.23. The molecule has 0 amide bonds. The van der Waals surface area contributed by atoms with Gasteiger partial charge in [-0.25, -0.2) is 4.98 Å². The van der Waals surface area contributed by atoms with Gasteiger partial charge in [0.25, 0.3) is 0 Å². The molecule has 0 spiro atoms. The standard InChI is InChI=1S/C14H17BrClN3/c1-2-3-4-12(17)14-18-8-13(19-14)10-6-5-9(15)7-11(10)16/h5-8,12H,2-4,17H2,1H3,(H,18,19). The van der Waals surface area contributed by atoms with Crippen LogP contribution in [0.25, 0.3) is 11.3 Å². The molecule has 0 aliphatic heterocycles. The minimum atomic E-state index is -0.0390. The molecule has 0 saturated heterocycles. The molecule has 0 aliphatic carbocycles. The number of aromatic nitrogens is 2. The topological polar surface area (TPSA) is 54.7 Å². The molecule has 1 heterocycles. The van der Waals surface area contributed by atoms with Gasteiger partial charge in [0, 0.05) is 10.0 Å². The largest absolute Gasteiger partial charge is 0.341 e. The molecular formula is C14H17BrClN3. The molecule has 102 valence electrons. The molecule has 2 rings (SSSR count). The Bertz CT molecular complexity index is 553. The van der Waals surface area contributed by atoms with Crippen molar-refractivity contribution in [1.82, 2.24) is 9.97 Å². The molecular weight excluding hydrogens is 326 g/mol. The van der Waals surface area contributed by atoms with Gasteiger partial charge in [0.2, 0.25) is 0 Å². The number of nitrogens with zero attached hydrogens (tertiary/aromatic N) is 1. The van der Waals surface area contributed by atoms with Crippen molar-refractivity contribution in [2.45, 2.75) is 32.2 Å². The number of halogens is 2. The van der Waals surface area contributed by atoms with Crippen LogP contribution in [0.1, 0.15) is 38.1 Å². The molecule has 0 radical (unpaired) electrons. The normalized spacial score (nSPS) is 12.6. The lowest BCUT2D eigenvalue weighted by molar-refractivity contribution is 0.580. The van der Waals surface area contributed by atoms with Crippen LogP contribution >= 0.6 is 27.5 Å². The highest BCUT2D eigenvalue weighted by molar-refractivity contribution is 9.10. The van der Waals surface area contributed by atoms with Crippen LogP contribution in [0.15, 0.2) is 28.9 Å². The van der Waals surface area contributed by atoms with Crippen molar-refractivity contribution in [1.29, 1.82) is 0 Å². The fourth-order valence-corrected chi connectivity index (χ4v) is 2.71. The first-order valence-electron chi connectivity index (χ1n) is 6.37. The Morgan fingerprint density at radius 2 is 2.26 bits per heavy atom. The molecule has 0 aliphatic rings. The van der Waals surface area contributed by atoms with Gasteiger partial charge in [0.15, 0.2) is 0 Å². The van der Waals surface area contributed by atoms with E-state index >= 15 is 0 Å². The first kappa shape index (κ1) is 14.6. The summed E-state index contributed by atoms with van der Waals surface area (Å²) in [6.45, 7) is 2.15. The zero-order valence-corrected chi connectivity index (χ0v) is 13.1. The zero-order valence-electron chi connectivity index (χ0n) is 10.8. The first-order chi connectivity index (χ1) is 9.11. The minimum Gasteiger partial charge on any atom is -0.341 e. The average Bonchev–Trinajstić information content (AvgIpc) is 2.85. The molecule has 3 N–H and O–H groups in total. The molecule has 2 aromatic rings. The number of nitrogens with two attached hydrogens (primary N) is 1. The van der Waals surface area contributed by atoms with Crippen molar-refractivity contribution in [2.24, 2.45) is 5.73 Å². The predicted molar refractivity (Wildman–Crippen MR) is 83.2 cm³/mol. The number of aromatic amines is 1. The molecule has 1 aromatic carbocycles. The van der Waals surface area contributed by atoms with Gasteiger partial charge in [-0.1, -0.05) is 53.4 Å². The second-order valence-electron chi connectivity index (χ2n) is 4.56. The highest BCUT2D eigenvalue weighted by Gasteiger charge is 2.12. The number of unbranched alkanes of at least 4 members (excludes halogenated alkanes) is 1. The molecule has 1 unspecified atom stereocenters. The average molecular weight is 343 g/mol. The summed E-state index contributed by atoms with van der Waals surface area (Å²) in [5.41, 5.74) is 7.94. The summed E-state index contributed by atoms with van der Waals surface area (Å²) < 4.78 is 0.959. The fraction of sp³-hybridized carbons (Fsp3) is 0.357. The van der Waals surface area contributed by atoms with Crippen LogP contribution in [0.4, 0.5) is 0 Å². The summed E-state index contributed by atoms with van der Waals surface area (Å²) in [4.78, 5) is 7.62. The van der Waals surface area contributed by atoms with E-state index in [0.717, 1.165) is 40.8 Å². The highest BCUT2D eigenvalue weighted by atomic mass is 79.9. The van der Waals surface area contributed by atoms with E-state index in [2.05, 4.69) is 32.8 Å². The van der Waals surface area contributed by atoms with E-state index in [9.17, 15) is 0 Å². The predicted octanol–water partition coefficient (Wildman–Crippen LogP) is 4.68. The maximum atomic E-state index is 6.23. The van der Waals surface area contributed by atoms with Crippen molar-refractivity contribution in [3.05, 3.63) is 39.7 Å². The van der Waals surface area contributed by atoms with Gasteiger partial charge in [-0.05, 0) is 18.6 Å². The van der Waals surface area contributed by atoms with E-state index in [4.69, 9.17) is 17.3 Å². The molecule has 5 heteroatoms. The third-order valence-corrected chi connectivity index (χ3v) is 3.84. The van der Waals surface area contributed by atoms with Crippen molar-refractivity contribution in [3.8, 4) is 11.3 Å². The number of rotatable bonds is 5. The molecule has 1 aromatic heterocycles. The molecule has 0 bridgehead atoms. The molecule has 3 nitrogen and oxygen atoms in total. The quantitative estimate of drug-likeness (QED) is 0.828. The summed E-state index contributed by atoms with van der Waals surface area (Å²) >= 11 is 9.62. The highest BCUT2D eigenvalue weighted by Crippen LogP contribution is 2.30. The molecule has 0 saturated carbocycles. The summed E-state index contributed by atoms with van der Waals surface area (Å²) in [5.74, 6) is 0.822. The molecule has 19 heavy (non-hydrogen) atoms. The van der Waals surface area contributed by atoms with Gasteiger partial charge in [-0.3, -0.25) is 0 Å². The van der Waals surface area contributed by atoms with Crippen LogP contribution in [-0.4, -0.2) is 9.97 Å². The Morgan fingerprint density at radius 1 is 1.47 bits per heavy atom. The lowest BCUT2D eigenvalue weighted by Gasteiger charge is -2.07. The smallest absolute Gasteiger partial charge is 0.123 e. The van der Waals surface area contributed by atoms with Gasteiger partial charge in [-0.15, -0.1) is 0 Å². The Kier molecular flexibility index (Phi) is 5.02. The molecule has 1 atom stereocenters. The lowest BCUT2D eigenvalue weighted by Crippen LogP contribution is -2.11. The Morgan fingerprint density at radius 3 is 2.95 bits per heavy atom. The number of imidazole rings is 1. The van der Waals surface area contributed by atoms with Crippen LogP contribution in [0.5, 0.6) is 0 Å². The van der Waals surface area contributed by atoms with E-state index in [1.54, 1.807) is 6.20 Å². The van der Waals surface area contributed by atoms with Crippen LogP contribution in [0, 0.1) is 0 Å². The van der Waals surface area contributed by atoms with Crippen LogP contribution in [0.3, 0.4) is 0 Å². The van der Waals surface area contributed by atoms with Gasteiger partial charge in [0.1, 0.15) is 5.82 Å². The van der Waals surface area contributed by atoms with Crippen molar-refractivity contribution < 1.29 is 0 Å². The monoisotopic (exact) mass is 341 g/mol. The second kappa shape index (κ2) is 6.55. The third-order valence-electron chi connectivity index (χ3n) is 3.04. The number of hydrogen-bond donors (Lipinski definition) is 2. The minimum absolute atomic E-state index is 0.0390. The Hall–Kier alpha value is -0.840. The maximum Gasteiger partial charge on any atom is 0.123 e. The summed E-state index contributed by atoms with van der Waals surface area (Å²) in [7, 11) is 0. The van der Waals surface area contributed by atoms with Gasteiger partial charge in [-0.2, -0.15) is 0 Å². The van der Waals surface area contributed by atoms with Crippen LogP contribution in [0.2, 0.25) is 5.02 Å². The Balaban J connectivity index is 2.20. The van der Waals surface area contributed by atoms with E-state index in [0.29, 0.717) is 5.02 Å². The zero-order chi connectivity index (χ0) is 13.8. The van der Waals surface area contributed by atoms with Crippen molar-refractivity contribution >= 4 is 27.5 Å². The second-order valence-corrected chi connectivity index (χ2v) is 5.88. The van der Waals surface area contributed by atoms with Gasteiger partial charge in [0.05, 0.1) is 23.0 Å². The van der Waals surface area contributed by atoms with E-state index < -0.39 is 0 Å². The molecule has 0 fully saturated rings. The summed E-state index contributed by atoms with van der Waals surface area (Å²) in [6, 6.07) is 5.75. The van der Waals surface area contributed by atoms with Gasteiger partial charge >= 0.3 is 0 Å². The SMILES string of the molecule is CCCCC(N)c1ncc(-c2ccc(Br)cc2Cl)[nH]1. The first-order valence-corrected chi connectivity index (χ1v) is 7.54. The van der Waals surface area contributed by atoms with E-state index in [1.165, 1.54) is 0 Å². The number of benzene rings is 1. The third kappa shape index (κ3) is 3.59. The Labute approximate surface area is 126 Å². The van der Waals surface area contributed by atoms with Crippen LogP contribution in [-0.2, 0) is 0 Å². The lowest BCUT2D eigenvalue weighted by atomic mass is 10.1. The van der Waals surface area contributed by atoms with Crippen LogP contribution < -0.4 is 5.73 Å². The van der Waals surface area contributed by atoms with Gasteiger partial charge < -0.3 is 10.7 Å². The van der Waals surface area contributed by atoms with Crippen molar-refractivity contribution in [2.75, 3.05) is 0 Å².